The fourth-order valence-corrected chi connectivity index (χ4v) is 6.37. The number of nitrogens with zero attached hydrogens (tertiary/aromatic N) is 4. The number of hydrogen-bond acceptors (Lipinski definition) is 7. The number of piperidine rings is 1. The lowest BCUT2D eigenvalue weighted by molar-refractivity contribution is 0.521. The first-order valence-electron chi connectivity index (χ1n) is 9.26. The normalized spacial score (nSPS) is 21.9. The average molecular weight is 432 g/mol. The SMILES string of the molecule is Cl.O=S1(=O)CCC(NCCn2cncc2-c2cnc(N3CCCCC3)s2)C1. The van der Waals surface area contributed by atoms with Crippen molar-refractivity contribution in [3.8, 4) is 10.6 Å². The molecule has 0 radical (unpaired) electrons. The molecule has 1 N–H and O–H groups in total. The summed E-state index contributed by atoms with van der Waals surface area (Å²) in [6.45, 7) is 3.70. The zero-order valence-electron chi connectivity index (χ0n) is 15.2. The molecule has 2 aromatic rings. The van der Waals surface area contributed by atoms with Gasteiger partial charge in [0.2, 0.25) is 0 Å². The van der Waals surface area contributed by atoms with E-state index in [4.69, 9.17) is 0 Å². The van der Waals surface area contributed by atoms with Crippen molar-refractivity contribution in [1.82, 2.24) is 19.9 Å². The summed E-state index contributed by atoms with van der Waals surface area (Å²) in [6.07, 6.45) is 10.2. The second-order valence-corrected chi connectivity index (χ2v) is 10.3. The number of aromatic nitrogens is 3. The number of hydrogen-bond donors (Lipinski definition) is 1. The minimum atomic E-state index is -2.83. The van der Waals surface area contributed by atoms with Crippen LogP contribution in [0.2, 0.25) is 0 Å². The van der Waals surface area contributed by atoms with Crippen LogP contribution >= 0.6 is 23.7 Å². The van der Waals surface area contributed by atoms with E-state index in [1.54, 1.807) is 11.3 Å². The quantitative estimate of drug-likeness (QED) is 0.755. The average Bonchev–Trinajstić information content (AvgIpc) is 3.35. The van der Waals surface area contributed by atoms with Gasteiger partial charge in [0.05, 0.1) is 34.6 Å². The summed E-state index contributed by atoms with van der Waals surface area (Å²) in [5.74, 6) is 0.568. The molecular weight excluding hydrogens is 406 g/mol. The summed E-state index contributed by atoms with van der Waals surface area (Å²) in [5.41, 5.74) is 1.08. The Balaban J connectivity index is 0.00000210. The number of thiazole rings is 1. The first-order chi connectivity index (χ1) is 12.6. The molecule has 0 aromatic carbocycles. The highest BCUT2D eigenvalue weighted by Gasteiger charge is 2.27. The van der Waals surface area contributed by atoms with E-state index < -0.39 is 9.84 Å². The molecule has 27 heavy (non-hydrogen) atoms. The second-order valence-electron chi connectivity index (χ2n) is 7.08. The van der Waals surface area contributed by atoms with Gasteiger partial charge in [-0.1, -0.05) is 11.3 Å². The lowest BCUT2D eigenvalue weighted by Gasteiger charge is -2.25. The molecule has 2 aliphatic heterocycles. The highest BCUT2D eigenvalue weighted by molar-refractivity contribution is 7.91. The van der Waals surface area contributed by atoms with E-state index in [-0.39, 0.29) is 24.2 Å². The number of nitrogens with one attached hydrogen (secondary N) is 1. The van der Waals surface area contributed by atoms with Crippen molar-refractivity contribution < 1.29 is 8.42 Å². The van der Waals surface area contributed by atoms with Crippen LogP contribution in [0.1, 0.15) is 25.7 Å². The minimum Gasteiger partial charge on any atom is -0.348 e. The first-order valence-corrected chi connectivity index (χ1v) is 11.9. The molecule has 7 nitrogen and oxygen atoms in total. The standard InChI is InChI=1S/C17H25N5O2S2.ClH/c23-26(24)9-4-14(12-26)19-5-8-22-13-18-10-15(22)16-11-20-17(25-16)21-6-2-1-3-7-21;/h10-11,13-14,19H,1-9,12H2;1H. The molecule has 0 saturated carbocycles. The summed E-state index contributed by atoms with van der Waals surface area (Å²) >= 11 is 1.72. The molecule has 2 aromatic heterocycles. The topological polar surface area (TPSA) is 80.1 Å². The van der Waals surface area contributed by atoms with Crippen LogP contribution < -0.4 is 10.2 Å². The second kappa shape index (κ2) is 8.89. The number of imidazole rings is 1. The van der Waals surface area contributed by atoms with Gasteiger partial charge in [0.25, 0.3) is 0 Å². The Kier molecular flexibility index (Phi) is 6.78. The van der Waals surface area contributed by atoms with Crippen molar-refractivity contribution >= 4 is 38.7 Å². The van der Waals surface area contributed by atoms with Crippen LogP contribution in [0.3, 0.4) is 0 Å². The van der Waals surface area contributed by atoms with Crippen LogP contribution in [-0.4, -0.2) is 60.1 Å². The highest BCUT2D eigenvalue weighted by Crippen LogP contribution is 2.32. The van der Waals surface area contributed by atoms with Crippen molar-refractivity contribution in [2.75, 3.05) is 36.0 Å². The Hall–Kier alpha value is -1.16. The monoisotopic (exact) mass is 431 g/mol. The van der Waals surface area contributed by atoms with E-state index in [0.717, 1.165) is 41.9 Å². The molecule has 0 aliphatic carbocycles. The van der Waals surface area contributed by atoms with Gasteiger partial charge in [-0.2, -0.15) is 0 Å². The van der Waals surface area contributed by atoms with Crippen LogP contribution in [0.25, 0.3) is 10.6 Å². The van der Waals surface area contributed by atoms with Crippen LogP contribution in [-0.2, 0) is 16.4 Å². The predicted molar refractivity (Wildman–Crippen MR) is 112 cm³/mol. The van der Waals surface area contributed by atoms with E-state index >= 15 is 0 Å². The van der Waals surface area contributed by atoms with E-state index in [9.17, 15) is 8.42 Å². The van der Waals surface area contributed by atoms with E-state index in [1.165, 1.54) is 19.3 Å². The molecule has 0 spiro atoms. The van der Waals surface area contributed by atoms with Gasteiger partial charge in [0, 0.05) is 38.4 Å². The molecule has 1 atom stereocenters. The molecule has 2 aliphatic rings. The van der Waals surface area contributed by atoms with E-state index in [2.05, 4.69) is 24.8 Å². The fourth-order valence-electron chi connectivity index (χ4n) is 3.66. The Morgan fingerprint density at radius 1 is 1.22 bits per heavy atom. The predicted octanol–water partition coefficient (Wildman–Crippen LogP) is 2.20. The lowest BCUT2D eigenvalue weighted by Crippen LogP contribution is -2.32. The third kappa shape index (κ3) is 5.01. The minimum absolute atomic E-state index is 0. The van der Waals surface area contributed by atoms with Crippen molar-refractivity contribution in [3.63, 3.8) is 0 Å². The molecule has 2 fully saturated rings. The summed E-state index contributed by atoms with van der Waals surface area (Å²) < 4.78 is 25.2. The van der Waals surface area contributed by atoms with Gasteiger partial charge >= 0.3 is 0 Å². The summed E-state index contributed by atoms with van der Waals surface area (Å²) in [4.78, 5) is 12.4. The molecule has 1 unspecified atom stereocenters. The number of sulfone groups is 1. The van der Waals surface area contributed by atoms with Crippen LogP contribution in [0, 0.1) is 0 Å². The summed E-state index contributed by atoms with van der Waals surface area (Å²) in [6, 6.07) is 0.0843. The number of anilines is 1. The molecule has 150 valence electrons. The Bertz CT molecular complexity index is 845. The van der Waals surface area contributed by atoms with Gasteiger partial charge in [-0.05, 0) is 25.7 Å². The lowest BCUT2D eigenvalue weighted by atomic mass is 10.1. The maximum Gasteiger partial charge on any atom is 0.185 e. The summed E-state index contributed by atoms with van der Waals surface area (Å²) in [5, 5.41) is 4.46. The first kappa shape index (κ1) is 20.6. The zero-order valence-corrected chi connectivity index (χ0v) is 17.7. The maximum atomic E-state index is 11.5. The van der Waals surface area contributed by atoms with E-state index in [1.807, 2.05) is 18.7 Å². The van der Waals surface area contributed by atoms with Gasteiger partial charge < -0.3 is 14.8 Å². The maximum absolute atomic E-state index is 11.5. The van der Waals surface area contributed by atoms with Gasteiger partial charge in [-0.25, -0.2) is 18.4 Å². The van der Waals surface area contributed by atoms with Gasteiger partial charge in [0.1, 0.15) is 0 Å². The Labute approximate surface area is 170 Å². The van der Waals surface area contributed by atoms with Crippen molar-refractivity contribution in [2.45, 2.75) is 38.3 Å². The van der Waals surface area contributed by atoms with Crippen molar-refractivity contribution in [1.29, 1.82) is 0 Å². The molecule has 0 bridgehead atoms. The number of halogens is 1. The molecule has 2 saturated heterocycles. The third-order valence-electron chi connectivity index (χ3n) is 5.10. The Morgan fingerprint density at radius 2 is 2.04 bits per heavy atom. The molecule has 0 amide bonds. The molecule has 4 rings (SSSR count). The fraction of sp³-hybridized carbons (Fsp3) is 0.647. The van der Waals surface area contributed by atoms with Gasteiger partial charge in [0.15, 0.2) is 15.0 Å². The zero-order chi connectivity index (χ0) is 18.0. The largest absolute Gasteiger partial charge is 0.348 e. The number of rotatable bonds is 6. The molecule has 4 heterocycles. The third-order valence-corrected chi connectivity index (χ3v) is 7.95. The smallest absolute Gasteiger partial charge is 0.185 e. The van der Waals surface area contributed by atoms with E-state index in [0.29, 0.717) is 12.2 Å². The van der Waals surface area contributed by atoms with Gasteiger partial charge in [-0.15, -0.1) is 12.4 Å². The van der Waals surface area contributed by atoms with Crippen LogP contribution in [0.5, 0.6) is 0 Å². The van der Waals surface area contributed by atoms with Crippen molar-refractivity contribution in [2.24, 2.45) is 0 Å². The van der Waals surface area contributed by atoms with Gasteiger partial charge in [-0.3, -0.25) is 0 Å². The van der Waals surface area contributed by atoms with Crippen molar-refractivity contribution in [3.05, 3.63) is 18.7 Å². The highest BCUT2D eigenvalue weighted by atomic mass is 35.5. The van der Waals surface area contributed by atoms with Crippen LogP contribution in [0.15, 0.2) is 18.7 Å². The molecule has 10 heteroatoms. The summed E-state index contributed by atoms with van der Waals surface area (Å²) in [7, 11) is -2.83. The Morgan fingerprint density at radius 3 is 2.78 bits per heavy atom. The van der Waals surface area contributed by atoms with Crippen LogP contribution in [0.4, 0.5) is 5.13 Å². The molecular formula is C17H26ClN5O2S2.